The normalized spacial score (nSPS) is 10.8. The van der Waals surface area contributed by atoms with Crippen LogP contribution in [0.2, 0.25) is 5.15 Å². The minimum atomic E-state index is -4.36. The van der Waals surface area contributed by atoms with E-state index in [-0.39, 0.29) is 18.6 Å². The number of hydrogen-bond acceptors (Lipinski definition) is 4. The van der Waals surface area contributed by atoms with E-state index >= 15 is 0 Å². The predicted molar refractivity (Wildman–Crippen MR) is 51.1 cm³/mol. The summed E-state index contributed by atoms with van der Waals surface area (Å²) in [5.41, 5.74) is 0. The van der Waals surface area contributed by atoms with Gasteiger partial charge in [-0.05, 0) is 17.7 Å². The molecule has 8 heteroatoms. The van der Waals surface area contributed by atoms with E-state index in [1.165, 1.54) is 0 Å². The molecule has 6 nitrogen and oxygen atoms in total. The second-order valence-electron chi connectivity index (χ2n) is 2.47. The van der Waals surface area contributed by atoms with Crippen molar-refractivity contribution in [2.24, 2.45) is 0 Å². The molecule has 0 atom stereocenters. The van der Waals surface area contributed by atoms with Crippen molar-refractivity contribution >= 4 is 22.0 Å². The maximum Gasteiger partial charge on any atom is 0.397 e. The van der Waals surface area contributed by atoms with Gasteiger partial charge in [-0.15, -0.1) is 0 Å². The van der Waals surface area contributed by atoms with Crippen molar-refractivity contribution in [1.29, 1.82) is 0 Å². The van der Waals surface area contributed by atoms with Crippen LogP contribution in [0.5, 0.6) is 0 Å². The van der Waals surface area contributed by atoms with Gasteiger partial charge >= 0.3 is 10.4 Å². The van der Waals surface area contributed by atoms with E-state index in [1.54, 1.807) is 29.0 Å². The van der Waals surface area contributed by atoms with Crippen LogP contribution in [-0.2, 0) is 21.1 Å². The lowest BCUT2D eigenvalue weighted by molar-refractivity contribution is -0.695. The summed E-state index contributed by atoms with van der Waals surface area (Å²) in [5, 5.41) is 0.464. The summed E-state index contributed by atoms with van der Waals surface area (Å²) < 4.78 is 34.4. The van der Waals surface area contributed by atoms with Crippen LogP contribution in [0.15, 0.2) is 24.4 Å². The molecule has 0 saturated carbocycles. The molecule has 86 valence electrons. The van der Waals surface area contributed by atoms with Gasteiger partial charge in [0.25, 0.3) is 5.15 Å². The first-order valence-corrected chi connectivity index (χ1v) is 5.49. The Labute approximate surface area is 92.3 Å². The zero-order valence-corrected chi connectivity index (χ0v) is 9.15. The van der Waals surface area contributed by atoms with Crippen molar-refractivity contribution in [3.05, 3.63) is 29.5 Å². The molecule has 1 heterocycles. The molecule has 0 spiro atoms. The van der Waals surface area contributed by atoms with Crippen molar-refractivity contribution in [2.45, 2.75) is 6.54 Å². The zero-order valence-electron chi connectivity index (χ0n) is 7.58. The number of aromatic nitrogens is 1. The molecular formula is C7H10ClNO5S. The topological polar surface area (TPSA) is 97.5 Å². The molecule has 0 saturated heterocycles. The quantitative estimate of drug-likeness (QED) is 0.473. The highest BCUT2D eigenvalue weighted by molar-refractivity contribution is 7.80. The number of pyridine rings is 1. The first kappa shape index (κ1) is 14.3. The van der Waals surface area contributed by atoms with Gasteiger partial charge in [0.15, 0.2) is 12.7 Å². The van der Waals surface area contributed by atoms with Crippen LogP contribution in [-0.4, -0.2) is 25.1 Å². The number of hydrogen-bond donors (Lipinski definition) is 1. The lowest BCUT2D eigenvalue weighted by atomic mass is 10.5. The molecule has 1 rings (SSSR count). The van der Waals surface area contributed by atoms with E-state index < -0.39 is 10.4 Å². The molecular weight excluding hydrogens is 246 g/mol. The summed E-state index contributed by atoms with van der Waals surface area (Å²) >= 11 is 5.77. The smallest absolute Gasteiger partial charge is 0.397 e. The van der Waals surface area contributed by atoms with Gasteiger partial charge in [0.05, 0.1) is 0 Å². The van der Waals surface area contributed by atoms with Gasteiger partial charge in [0, 0.05) is 12.1 Å². The standard InChI is InChI=1S/C7H8ClNO4S.H2O/c8-7-3-1-2-4-9(7)5-6-13-14(10,11)12;/h1-4H,5-6H2;1H2. The summed E-state index contributed by atoms with van der Waals surface area (Å²) in [6, 6.07) is 5.16. The van der Waals surface area contributed by atoms with Crippen LogP contribution < -0.4 is 4.57 Å². The fraction of sp³-hybridized carbons (Fsp3) is 0.286. The van der Waals surface area contributed by atoms with Crippen molar-refractivity contribution in [1.82, 2.24) is 0 Å². The summed E-state index contributed by atoms with van der Waals surface area (Å²) in [6.07, 6.45) is 1.68. The third-order valence-corrected chi connectivity index (χ3v) is 2.26. The van der Waals surface area contributed by atoms with Crippen LogP contribution in [0.4, 0.5) is 0 Å². The molecule has 0 aliphatic rings. The monoisotopic (exact) mass is 255 g/mol. The fourth-order valence-electron chi connectivity index (χ4n) is 0.878. The lowest BCUT2D eigenvalue weighted by Crippen LogP contribution is -2.37. The molecule has 0 amide bonds. The van der Waals surface area contributed by atoms with Crippen LogP contribution in [0.25, 0.3) is 0 Å². The summed E-state index contributed by atoms with van der Waals surface area (Å²) in [5.74, 6) is 0. The molecule has 0 aromatic carbocycles. The molecule has 2 N–H and O–H groups in total. The average Bonchev–Trinajstić information content (AvgIpc) is 2.06. The molecule has 0 aliphatic heterocycles. The van der Waals surface area contributed by atoms with Gasteiger partial charge < -0.3 is 5.48 Å². The molecule has 1 aromatic rings. The molecule has 0 fully saturated rings. The SMILES string of the molecule is O=S(=O)(O)OCC[n+]1ccccc1Cl.[OH-]. The molecule has 0 unspecified atom stereocenters. The number of rotatable bonds is 4. The Morgan fingerprint density at radius 3 is 2.67 bits per heavy atom. The molecule has 0 radical (unpaired) electrons. The Balaban J connectivity index is 0.00000196. The second-order valence-corrected chi connectivity index (χ2v) is 3.94. The first-order chi connectivity index (χ1) is 6.49. The first-order valence-electron chi connectivity index (χ1n) is 3.75. The van der Waals surface area contributed by atoms with Gasteiger partial charge in [-0.25, -0.2) is 4.18 Å². The highest BCUT2D eigenvalue weighted by atomic mass is 35.5. The Hall–Kier alpha value is -0.730. The maximum absolute atomic E-state index is 10.2. The Kier molecular flexibility index (Phi) is 5.69. The van der Waals surface area contributed by atoms with E-state index in [0.29, 0.717) is 5.15 Å². The average molecular weight is 256 g/mol. The molecule has 15 heavy (non-hydrogen) atoms. The van der Waals surface area contributed by atoms with Gasteiger partial charge in [-0.2, -0.15) is 13.0 Å². The summed E-state index contributed by atoms with van der Waals surface area (Å²) in [6.45, 7) is 0.0900. The largest absolute Gasteiger partial charge is 0.870 e. The van der Waals surface area contributed by atoms with Crippen LogP contribution >= 0.6 is 11.6 Å². The zero-order chi connectivity index (χ0) is 10.6. The van der Waals surface area contributed by atoms with Gasteiger partial charge in [-0.1, -0.05) is 0 Å². The highest BCUT2D eigenvalue weighted by Gasteiger charge is 2.09. The molecule has 1 aromatic heterocycles. The van der Waals surface area contributed by atoms with Gasteiger partial charge in [-0.3, -0.25) is 4.55 Å². The number of halogens is 1. The van der Waals surface area contributed by atoms with E-state index in [9.17, 15) is 8.42 Å². The highest BCUT2D eigenvalue weighted by Crippen LogP contribution is 1.98. The molecule has 0 aliphatic carbocycles. The predicted octanol–water partition coefficient (Wildman–Crippen LogP) is 0.270. The second kappa shape index (κ2) is 5.99. The lowest BCUT2D eigenvalue weighted by Gasteiger charge is -1.98. The van der Waals surface area contributed by atoms with Crippen molar-refractivity contribution in [3.8, 4) is 0 Å². The Morgan fingerprint density at radius 1 is 1.47 bits per heavy atom. The van der Waals surface area contributed by atoms with E-state index in [2.05, 4.69) is 4.18 Å². The fourth-order valence-corrected chi connectivity index (χ4v) is 1.38. The van der Waals surface area contributed by atoms with Crippen LogP contribution in [0.3, 0.4) is 0 Å². The van der Waals surface area contributed by atoms with Crippen molar-refractivity contribution in [3.63, 3.8) is 0 Å². The molecule has 0 bridgehead atoms. The van der Waals surface area contributed by atoms with E-state index in [0.717, 1.165) is 0 Å². The number of nitrogens with zero attached hydrogens (tertiary/aromatic N) is 1. The minimum Gasteiger partial charge on any atom is -0.870 e. The van der Waals surface area contributed by atoms with Crippen molar-refractivity contribution < 1.29 is 27.2 Å². The Bertz CT molecular complexity index is 408. The van der Waals surface area contributed by atoms with Crippen molar-refractivity contribution in [2.75, 3.05) is 6.61 Å². The third kappa shape index (κ3) is 5.65. The minimum absolute atomic E-state index is 0. The summed E-state index contributed by atoms with van der Waals surface area (Å²) in [7, 11) is -4.36. The van der Waals surface area contributed by atoms with Gasteiger partial charge in [0.2, 0.25) is 0 Å². The Morgan fingerprint density at radius 2 is 2.13 bits per heavy atom. The van der Waals surface area contributed by atoms with Crippen LogP contribution in [0, 0.1) is 0 Å². The summed E-state index contributed by atoms with van der Waals surface area (Å²) in [4.78, 5) is 0. The van der Waals surface area contributed by atoms with Gasteiger partial charge in [0.1, 0.15) is 6.61 Å². The third-order valence-electron chi connectivity index (χ3n) is 1.45. The maximum atomic E-state index is 10.2. The van der Waals surface area contributed by atoms with E-state index in [1.807, 2.05) is 0 Å². The van der Waals surface area contributed by atoms with Crippen LogP contribution in [0.1, 0.15) is 0 Å². The van der Waals surface area contributed by atoms with E-state index in [4.69, 9.17) is 16.2 Å².